The van der Waals surface area contributed by atoms with Crippen LogP contribution >= 0.6 is 34.4 Å². The fourth-order valence-corrected chi connectivity index (χ4v) is 2.57. The quantitative estimate of drug-likeness (QED) is 0.301. The van der Waals surface area contributed by atoms with E-state index in [0.717, 1.165) is 4.48 Å². The molecule has 0 aromatic carbocycles. The summed E-state index contributed by atoms with van der Waals surface area (Å²) in [4.78, 5) is 0. The van der Waals surface area contributed by atoms with Crippen LogP contribution in [0.15, 0.2) is 0 Å². The molecule has 1 nitrogen and oxygen atoms in total. The molecular formula is C9H21INS+. The Kier molecular flexibility index (Phi) is 8.09. The summed E-state index contributed by atoms with van der Waals surface area (Å²) in [5.74, 6) is 2.66. The van der Waals surface area contributed by atoms with E-state index in [-0.39, 0.29) is 0 Å². The number of alkyl halides is 1. The van der Waals surface area contributed by atoms with Gasteiger partial charge in [0.25, 0.3) is 0 Å². The van der Waals surface area contributed by atoms with Crippen LogP contribution in [0.1, 0.15) is 12.8 Å². The van der Waals surface area contributed by atoms with Crippen LogP contribution in [-0.4, -0.2) is 48.1 Å². The first-order valence-electron chi connectivity index (χ1n) is 4.50. The molecular weight excluding hydrogens is 281 g/mol. The molecule has 0 spiro atoms. The number of unbranched alkanes of at least 4 members (excludes halogenated alkanes) is 1. The second-order valence-corrected chi connectivity index (χ2v) is 6.33. The lowest BCUT2D eigenvalue weighted by Crippen LogP contribution is -2.36. The van der Waals surface area contributed by atoms with Gasteiger partial charge in [-0.1, -0.05) is 22.6 Å². The van der Waals surface area contributed by atoms with Crippen LogP contribution in [-0.2, 0) is 0 Å². The highest BCUT2D eigenvalue weighted by molar-refractivity contribution is 14.1. The standard InChI is InChI=1S/C9H21INS/c1-11(2,3)7-9-12-8-5-4-6-10/h4-9H2,1-3H3/q+1. The van der Waals surface area contributed by atoms with Gasteiger partial charge in [0.2, 0.25) is 0 Å². The average Bonchev–Trinajstić information content (AvgIpc) is 1.94. The van der Waals surface area contributed by atoms with E-state index in [0.29, 0.717) is 0 Å². The summed E-state index contributed by atoms with van der Waals surface area (Å²) in [5.41, 5.74) is 0. The smallest absolute Gasteiger partial charge is 0.0872 e. The fourth-order valence-electron chi connectivity index (χ4n) is 0.739. The molecule has 0 radical (unpaired) electrons. The first kappa shape index (κ1) is 13.0. The minimum atomic E-state index is 1.10. The van der Waals surface area contributed by atoms with E-state index in [1.54, 1.807) is 0 Å². The van der Waals surface area contributed by atoms with Crippen LogP contribution in [0.4, 0.5) is 0 Å². The number of rotatable bonds is 7. The Morgan fingerprint density at radius 2 is 1.75 bits per heavy atom. The molecule has 0 N–H and O–H groups in total. The van der Waals surface area contributed by atoms with Crippen molar-refractivity contribution in [3.63, 3.8) is 0 Å². The maximum Gasteiger partial charge on any atom is 0.0872 e. The van der Waals surface area contributed by atoms with E-state index in [2.05, 4.69) is 55.5 Å². The van der Waals surface area contributed by atoms with Crippen molar-refractivity contribution in [1.29, 1.82) is 0 Å². The van der Waals surface area contributed by atoms with E-state index in [1.807, 2.05) is 0 Å². The summed E-state index contributed by atoms with van der Waals surface area (Å²) in [7, 11) is 6.77. The zero-order valence-electron chi connectivity index (χ0n) is 8.48. The largest absolute Gasteiger partial charge is 0.330 e. The molecule has 0 saturated heterocycles. The molecule has 0 rings (SSSR count). The topological polar surface area (TPSA) is 0 Å². The van der Waals surface area contributed by atoms with Crippen LogP contribution in [0.5, 0.6) is 0 Å². The second-order valence-electron chi connectivity index (χ2n) is 4.02. The summed E-state index contributed by atoms with van der Waals surface area (Å²) < 4.78 is 2.41. The number of hydrogen-bond acceptors (Lipinski definition) is 1. The maximum atomic E-state index is 2.45. The van der Waals surface area contributed by atoms with E-state index < -0.39 is 0 Å². The van der Waals surface area contributed by atoms with E-state index in [9.17, 15) is 0 Å². The third-order valence-electron chi connectivity index (χ3n) is 1.58. The Labute approximate surface area is 95.0 Å². The molecule has 0 saturated carbocycles. The van der Waals surface area contributed by atoms with Crippen LogP contribution in [0.2, 0.25) is 0 Å². The van der Waals surface area contributed by atoms with Gasteiger partial charge in [-0.15, -0.1) is 0 Å². The van der Waals surface area contributed by atoms with Gasteiger partial charge in [0.05, 0.1) is 27.7 Å². The van der Waals surface area contributed by atoms with Gasteiger partial charge in [-0.25, -0.2) is 0 Å². The Bertz CT molecular complexity index is 101. The summed E-state index contributed by atoms with van der Waals surface area (Å²) in [6.07, 6.45) is 2.78. The predicted molar refractivity (Wildman–Crippen MR) is 68.3 cm³/mol. The Balaban J connectivity index is 3.01. The van der Waals surface area contributed by atoms with Gasteiger partial charge >= 0.3 is 0 Å². The molecule has 0 atom stereocenters. The van der Waals surface area contributed by atoms with Crippen LogP contribution < -0.4 is 0 Å². The predicted octanol–water partition coefficient (Wildman–Crippen LogP) is 2.64. The summed E-state index contributed by atoms with van der Waals surface area (Å²) in [5, 5.41) is 0. The average molecular weight is 302 g/mol. The fraction of sp³-hybridized carbons (Fsp3) is 1.00. The Morgan fingerprint density at radius 1 is 1.08 bits per heavy atom. The molecule has 0 aromatic heterocycles. The molecule has 0 aliphatic rings. The van der Waals surface area contributed by atoms with Gasteiger partial charge in [0.15, 0.2) is 0 Å². The lowest BCUT2D eigenvalue weighted by atomic mass is 10.4. The number of thioether (sulfide) groups is 1. The van der Waals surface area contributed by atoms with Crippen molar-refractivity contribution in [2.75, 3.05) is 43.6 Å². The van der Waals surface area contributed by atoms with Gasteiger partial charge in [0.1, 0.15) is 0 Å². The van der Waals surface area contributed by atoms with Crippen LogP contribution in [0.25, 0.3) is 0 Å². The van der Waals surface area contributed by atoms with Crippen molar-refractivity contribution in [3.8, 4) is 0 Å². The SMILES string of the molecule is C[N+](C)(C)CCSCCCCI. The highest BCUT2D eigenvalue weighted by atomic mass is 127. The van der Waals surface area contributed by atoms with Gasteiger partial charge in [-0.05, 0) is 23.0 Å². The number of nitrogens with zero attached hydrogens (tertiary/aromatic N) is 1. The van der Waals surface area contributed by atoms with Crippen LogP contribution in [0.3, 0.4) is 0 Å². The first-order chi connectivity index (χ1) is 5.56. The highest BCUT2D eigenvalue weighted by Crippen LogP contribution is 2.07. The summed E-state index contributed by atoms with van der Waals surface area (Å²) >= 11 is 4.55. The molecule has 74 valence electrons. The second kappa shape index (κ2) is 7.44. The third-order valence-corrected chi connectivity index (χ3v) is 3.39. The molecule has 0 heterocycles. The van der Waals surface area contributed by atoms with Crippen molar-refractivity contribution in [2.45, 2.75) is 12.8 Å². The maximum absolute atomic E-state index is 2.45. The number of hydrogen-bond donors (Lipinski definition) is 0. The zero-order valence-corrected chi connectivity index (χ0v) is 11.5. The lowest BCUT2D eigenvalue weighted by molar-refractivity contribution is -0.867. The van der Waals surface area contributed by atoms with Crippen LogP contribution in [0, 0.1) is 0 Å². The van der Waals surface area contributed by atoms with Gasteiger partial charge in [-0.3, -0.25) is 0 Å². The third kappa shape index (κ3) is 11.0. The summed E-state index contributed by atoms with van der Waals surface area (Å²) in [6.45, 7) is 1.29. The molecule has 0 fully saturated rings. The molecule has 12 heavy (non-hydrogen) atoms. The van der Waals surface area contributed by atoms with E-state index in [4.69, 9.17) is 0 Å². The molecule has 0 unspecified atom stereocenters. The van der Waals surface area contributed by atoms with Crippen molar-refractivity contribution in [3.05, 3.63) is 0 Å². The molecule has 0 bridgehead atoms. The Hall–Kier alpha value is 1.04. The molecule has 3 heteroatoms. The van der Waals surface area contributed by atoms with Crippen molar-refractivity contribution in [2.24, 2.45) is 0 Å². The monoisotopic (exact) mass is 302 g/mol. The summed E-state index contributed by atoms with van der Waals surface area (Å²) in [6, 6.07) is 0. The molecule has 0 aliphatic carbocycles. The van der Waals surface area contributed by atoms with Crippen molar-refractivity contribution in [1.82, 2.24) is 0 Å². The highest BCUT2D eigenvalue weighted by Gasteiger charge is 2.04. The minimum Gasteiger partial charge on any atom is -0.330 e. The minimum absolute atomic E-state index is 1.10. The van der Waals surface area contributed by atoms with Gasteiger partial charge in [0, 0.05) is 5.75 Å². The Morgan fingerprint density at radius 3 is 2.25 bits per heavy atom. The van der Waals surface area contributed by atoms with Gasteiger partial charge < -0.3 is 4.48 Å². The number of quaternary nitrogens is 1. The van der Waals surface area contributed by atoms with E-state index >= 15 is 0 Å². The number of halogens is 1. The lowest BCUT2D eigenvalue weighted by Gasteiger charge is -2.23. The first-order valence-corrected chi connectivity index (χ1v) is 7.18. The van der Waals surface area contributed by atoms with Gasteiger partial charge in [-0.2, -0.15) is 11.8 Å². The van der Waals surface area contributed by atoms with E-state index in [1.165, 1.54) is 35.3 Å². The van der Waals surface area contributed by atoms with Crippen molar-refractivity contribution >= 4 is 34.4 Å². The molecule has 0 aromatic rings. The normalized spacial score (nSPS) is 12.0. The zero-order chi connectivity index (χ0) is 9.45. The molecule has 0 amide bonds. The molecule has 0 aliphatic heterocycles. The van der Waals surface area contributed by atoms with Crippen molar-refractivity contribution < 1.29 is 4.48 Å².